The van der Waals surface area contributed by atoms with E-state index >= 15 is 0 Å². The minimum atomic E-state index is 0.00398. The Morgan fingerprint density at radius 1 is 1.24 bits per heavy atom. The van der Waals surface area contributed by atoms with Crippen LogP contribution in [0.25, 0.3) is 0 Å². The van der Waals surface area contributed by atoms with Gasteiger partial charge in [0.15, 0.2) is 0 Å². The molecule has 0 radical (unpaired) electrons. The summed E-state index contributed by atoms with van der Waals surface area (Å²) in [4.78, 5) is 0. The van der Waals surface area contributed by atoms with Crippen LogP contribution in [0.1, 0.15) is 45.7 Å². The Balaban J connectivity index is 2.75. The summed E-state index contributed by atoms with van der Waals surface area (Å²) in [5.74, 6) is 0.568. The van der Waals surface area contributed by atoms with Gasteiger partial charge in [-0.15, -0.1) is 0 Å². The summed E-state index contributed by atoms with van der Waals surface area (Å²) < 4.78 is 0. The molecule has 2 nitrogen and oxygen atoms in total. The van der Waals surface area contributed by atoms with E-state index in [2.05, 4.69) is 57.3 Å². The monoisotopic (exact) mass is 234 g/mol. The van der Waals surface area contributed by atoms with Crippen molar-refractivity contribution in [2.45, 2.75) is 45.7 Å². The normalized spacial score (nSPS) is 18.4. The molecule has 0 aliphatic rings. The molecule has 1 aromatic carbocycles. The minimum absolute atomic E-state index is 0.00398. The number of nitrogens with one attached hydrogen (secondary N) is 1. The first-order chi connectivity index (χ1) is 8.03. The van der Waals surface area contributed by atoms with Gasteiger partial charge in [0.05, 0.1) is 0 Å². The first-order valence-corrected chi connectivity index (χ1v) is 6.56. The standard InChI is InChI=1S/C15H26N2/c1-5-12(2)15(4,11-16)17-13(3)14-9-7-6-8-10-14/h6-10,12-13,17H,5,11,16H2,1-4H3. The van der Waals surface area contributed by atoms with Crippen LogP contribution in [0.4, 0.5) is 0 Å². The lowest BCUT2D eigenvalue weighted by Gasteiger charge is -2.38. The van der Waals surface area contributed by atoms with Gasteiger partial charge in [0, 0.05) is 18.1 Å². The molecular formula is C15H26N2. The molecule has 0 heterocycles. The summed E-state index contributed by atoms with van der Waals surface area (Å²) in [6.45, 7) is 9.57. The van der Waals surface area contributed by atoms with Crippen molar-refractivity contribution in [1.29, 1.82) is 0 Å². The zero-order valence-electron chi connectivity index (χ0n) is 11.5. The topological polar surface area (TPSA) is 38.0 Å². The molecule has 0 spiro atoms. The van der Waals surface area contributed by atoms with Gasteiger partial charge in [-0.05, 0) is 25.3 Å². The predicted molar refractivity (Wildman–Crippen MR) is 74.9 cm³/mol. The molecule has 2 heteroatoms. The summed E-state index contributed by atoms with van der Waals surface area (Å²) in [5, 5.41) is 3.68. The van der Waals surface area contributed by atoms with E-state index in [-0.39, 0.29) is 5.54 Å². The average Bonchev–Trinajstić information content (AvgIpc) is 2.38. The van der Waals surface area contributed by atoms with E-state index in [1.807, 2.05) is 6.07 Å². The maximum atomic E-state index is 5.95. The highest BCUT2D eigenvalue weighted by Crippen LogP contribution is 2.23. The number of benzene rings is 1. The molecule has 1 aromatic rings. The van der Waals surface area contributed by atoms with Crippen molar-refractivity contribution in [1.82, 2.24) is 5.32 Å². The molecule has 96 valence electrons. The van der Waals surface area contributed by atoms with Gasteiger partial charge in [-0.25, -0.2) is 0 Å². The van der Waals surface area contributed by atoms with E-state index in [1.54, 1.807) is 0 Å². The van der Waals surface area contributed by atoms with Gasteiger partial charge in [-0.3, -0.25) is 0 Å². The number of hydrogen-bond acceptors (Lipinski definition) is 2. The Labute approximate surface area is 106 Å². The lowest BCUT2D eigenvalue weighted by Crippen LogP contribution is -2.54. The van der Waals surface area contributed by atoms with Gasteiger partial charge in [0.2, 0.25) is 0 Å². The molecule has 17 heavy (non-hydrogen) atoms. The fraction of sp³-hybridized carbons (Fsp3) is 0.600. The molecule has 1 rings (SSSR count). The highest BCUT2D eigenvalue weighted by atomic mass is 15.0. The van der Waals surface area contributed by atoms with Crippen molar-refractivity contribution in [2.24, 2.45) is 11.7 Å². The largest absolute Gasteiger partial charge is 0.329 e. The van der Waals surface area contributed by atoms with Crippen LogP contribution in [-0.4, -0.2) is 12.1 Å². The van der Waals surface area contributed by atoms with E-state index in [0.29, 0.717) is 18.5 Å². The Bertz CT molecular complexity index is 323. The van der Waals surface area contributed by atoms with Crippen LogP contribution in [0, 0.1) is 5.92 Å². The SMILES string of the molecule is CCC(C)C(C)(CN)NC(C)c1ccccc1. The van der Waals surface area contributed by atoms with E-state index in [9.17, 15) is 0 Å². The number of nitrogens with two attached hydrogens (primary N) is 1. The van der Waals surface area contributed by atoms with Crippen LogP contribution in [0.2, 0.25) is 0 Å². The zero-order chi connectivity index (χ0) is 12.9. The van der Waals surface area contributed by atoms with Crippen LogP contribution in [0.15, 0.2) is 30.3 Å². The quantitative estimate of drug-likeness (QED) is 0.793. The highest BCUT2D eigenvalue weighted by Gasteiger charge is 2.29. The molecule has 0 saturated carbocycles. The zero-order valence-corrected chi connectivity index (χ0v) is 11.5. The predicted octanol–water partition coefficient (Wildman–Crippen LogP) is 3.10. The Morgan fingerprint density at radius 2 is 1.82 bits per heavy atom. The second kappa shape index (κ2) is 6.18. The molecule has 0 aliphatic carbocycles. The van der Waals surface area contributed by atoms with Crippen molar-refractivity contribution in [3.05, 3.63) is 35.9 Å². The maximum Gasteiger partial charge on any atom is 0.0306 e. The third kappa shape index (κ3) is 3.55. The Morgan fingerprint density at radius 3 is 2.29 bits per heavy atom. The van der Waals surface area contributed by atoms with Crippen molar-refractivity contribution in [3.63, 3.8) is 0 Å². The Hall–Kier alpha value is -0.860. The number of hydrogen-bond donors (Lipinski definition) is 2. The lowest BCUT2D eigenvalue weighted by molar-refractivity contribution is 0.225. The molecule has 3 atom stereocenters. The molecule has 0 bridgehead atoms. The lowest BCUT2D eigenvalue weighted by atomic mass is 9.84. The molecule has 0 fully saturated rings. The fourth-order valence-electron chi connectivity index (χ4n) is 2.17. The second-order valence-corrected chi connectivity index (χ2v) is 5.21. The summed E-state index contributed by atoms with van der Waals surface area (Å²) in [6, 6.07) is 10.9. The van der Waals surface area contributed by atoms with Crippen LogP contribution in [0.3, 0.4) is 0 Å². The molecule has 0 amide bonds. The van der Waals surface area contributed by atoms with E-state index < -0.39 is 0 Å². The minimum Gasteiger partial charge on any atom is -0.329 e. The molecular weight excluding hydrogens is 208 g/mol. The van der Waals surface area contributed by atoms with E-state index in [0.717, 1.165) is 6.42 Å². The molecule has 3 N–H and O–H groups in total. The summed E-state index contributed by atoms with van der Waals surface area (Å²) in [7, 11) is 0. The van der Waals surface area contributed by atoms with Gasteiger partial charge in [-0.1, -0.05) is 50.6 Å². The van der Waals surface area contributed by atoms with Crippen molar-refractivity contribution < 1.29 is 0 Å². The van der Waals surface area contributed by atoms with Gasteiger partial charge < -0.3 is 11.1 Å². The fourth-order valence-corrected chi connectivity index (χ4v) is 2.17. The van der Waals surface area contributed by atoms with Gasteiger partial charge in [0.1, 0.15) is 0 Å². The summed E-state index contributed by atoms with van der Waals surface area (Å²) >= 11 is 0. The van der Waals surface area contributed by atoms with Crippen LogP contribution < -0.4 is 11.1 Å². The first kappa shape index (κ1) is 14.2. The van der Waals surface area contributed by atoms with Gasteiger partial charge >= 0.3 is 0 Å². The van der Waals surface area contributed by atoms with E-state index in [4.69, 9.17) is 5.73 Å². The first-order valence-electron chi connectivity index (χ1n) is 6.56. The van der Waals surface area contributed by atoms with Crippen molar-refractivity contribution in [2.75, 3.05) is 6.54 Å². The molecule has 3 unspecified atom stereocenters. The molecule has 0 aromatic heterocycles. The van der Waals surface area contributed by atoms with Gasteiger partial charge in [0.25, 0.3) is 0 Å². The summed E-state index contributed by atoms with van der Waals surface area (Å²) in [6.07, 6.45) is 1.14. The van der Waals surface area contributed by atoms with Crippen LogP contribution >= 0.6 is 0 Å². The highest BCUT2D eigenvalue weighted by molar-refractivity contribution is 5.18. The van der Waals surface area contributed by atoms with E-state index in [1.165, 1.54) is 5.56 Å². The average molecular weight is 234 g/mol. The van der Waals surface area contributed by atoms with Crippen LogP contribution in [-0.2, 0) is 0 Å². The number of rotatable bonds is 6. The molecule has 0 aliphatic heterocycles. The summed E-state index contributed by atoms with van der Waals surface area (Å²) in [5.41, 5.74) is 7.27. The third-order valence-corrected chi connectivity index (χ3v) is 3.97. The second-order valence-electron chi connectivity index (χ2n) is 5.21. The Kier molecular flexibility index (Phi) is 5.16. The van der Waals surface area contributed by atoms with Crippen LogP contribution in [0.5, 0.6) is 0 Å². The maximum absolute atomic E-state index is 5.95. The smallest absolute Gasteiger partial charge is 0.0306 e. The van der Waals surface area contributed by atoms with Crippen molar-refractivity contribution >= 4 is 0 Å². The molecule has 0 saturated heterocycles. The van der Waals surface area contributed by atoms with Gasteiger partial charge in [-0.2, -0.15) is 0 Å². The van der Waals surface area contributed by atoms with Crippen molar-refractivity contribution in [3.8, 4) is 0 Å². The third-order valence-electron chi connectivity index (χ3n) is 3.97.